The van der Waals surface area contributed by atoms with Crippen LogP contribution in [0.5, 0.6) is 0 Å². The molecule has 2 heterocycles. The van der Waals surface area contributed by atoms with E-state index in [1.807, 2.05) is 22.9 Å². The lowest BCUT2D eigenvalue weighted by molar-refractivity contribution is 0.802. The standard InChI is InChI=1S/C45H27N3/c1-2-11-31-28(10-1)22-23-36-42-35-15-4-3-12-32(35)37(29-18-20-30(21-19-29)41-27-48-25-9-24-46-44(48)47-41)26-40(42)45(43(31)36)38-16-7-5-13-33(38)34-14-6-8-17-39(34)45/h1-27H. The van der Waals surface area contributed by atoms with Crippen molar-refractivity contribution in [3.05, 3.63) is 186 Å². The van der Waals surface area contributed by atoms with Crippen LogP contribution in [-0.4, -0.2) is 14.4 Å². The van der Waals surface area contributed by atoms with Gasteiger partial charge in [0.1, 0.15) is 0 Å². The third kappa shape index (κ3) is 3.22. The highest BCUT2D eigenvalue weighted by Crippen LogP contribution is 2.65. The van der Waals surface area contributed by atoms with Gasteiger partial charge in [-0.05, 0) is 89.3 Å². The fourth-order valence-corrected chi connectivity index (χ4v) is 8.80. The first-order valence-corrected chi connectivity index (χ1v) is 16.5. The zero-order valence-corrected chi connectivity index (χ0v) is 25.9. The Bertz CT molecular complexity index is 2710. The molecule has 9 aromatic rings. The number of aromatic nitrogens is 3. The van der Waals surface area contributed by atoms with Gasteiger partial charge in [-0.1, -0.05) is 133 Å². The Balaban J connectivity index is 1.23. The number of nitrogens with zero attached hydrogens (tertiary/aromatic N) is 3. The Hall–Kier alpha value is -6.32. The minimum Gasteiger partial charge on any atom is -0.291 e. The highest BCUT2D eigenvalue weighted by atomic mass is 15.1. The van der Waals surface area contributed by atoms with Gasteiger partial charge in [-0.15, -0.1) is 0 Å². The predicted molar refractivity (Wildman–Crippen MR) is 195 cm³/mol. The molecule has 0 fully saturated rings. The van der Waals surface area contributed by atoms with E-state index in [2.05, 4.69) is 145 Å². The summed E-state index contributed by atoms with van der Waals surface area (Å²) < 4.78 is 1.97. The van der Waals surface area contributed by atoms with Crippen molar-refractivity contribution in [3.63, 3.8) is 0 Å². The second-order valence-electron chi connectivity index (χ2n) is 13.0. The first kappa shape index (κ1) is 25.8. The van der Waals surface area contributed by atoms with Crippen molar-refractivity contribution in [3.8, 4) is 44.6 Å². The van der Waals surface area contributed by atoms with Crippen LogP contribution in [0.1, 0.15) is 22.3 Å². The first-order valence-electron chi connectivity index (χ1n) is 16.5. The summed E-state index contributed by atoms with van der Waals surface area (Å²) in [6.45, 7) is 0. The molecule has 0 bridgehead atoms. The smallest absolute Gasteiger partial charge is 0.234 e. The molecule has 0 N–H and O–H groups in total. The lowest BCUT2D eigenvalue weighted by Crippen LogP contribution is -2.26. The molecule has 0 saturated carbocycles. The highest BCUT2D eigenvalue weighted by molar-refractivity contribution is 6.14. The number of hydrogen-bond donors (Lipinski definition) is 0. The Labute approximate surface area is 277 Å². The fourth-order valence-electron chi connectivity index (χ4n) is 8.80. The Morgan fingerprint density at radius 2 is 1.17 bits per heavy atom. The summed E-state index contributed by atoms with van der Waals surface area (Å²) in [5.41, 5.74) is 14.8. The summed E-state index contributed by atoms with van der Waals surface area (Å²) in [6.07, 6.45) is 5.81. The van der Waals surface area contributed by atoms with Crippen LogP contribution >= 0.6 is 0 Å². The van der Waals surface area contributed by atoms with Gasteiger partial charge in [0, 0.05) is 24.2 Å². The van der Waals surface area contributed by atoms with E-state index in [9.17, 15) is 0 Å². The predicted octanol–water partition coefficient (Wildman–Crippen LogP) is 10.7. The van der Waals surface area contributed by atoms with Gasteiger partial charge in [-0.2, -0.15) is 0 Å². The lowest BCUT2D eigenvalue weighted by Gasteiger charge is -2.32. The average Bonchev–Trinajstić information content (AvgIpc) is 3.82. The minimum absolute atomic E-state index is 0.443. The Kier molecular flexibility index (Phi) is 5.04. The summed E-state index contributed by atoms with van der Waals surface area (Å²) in [7, 11) is 0. The first-order chi connectivity index (χ1) is 23.8. The van der Waals surface area contributed by atoms with Crippen LogP contribution in [0.3, 0.4) is 0 Å². The second-order valence-corrected chi connectivity index (χ2v) is 13.0. The van der Waals surface area contributed by atoms with E-state index in [4.69, 9.17) is 4.98 Å². The monoisotopic (exact) mass is 609 g/mol. The molecule has 2 aliphatic rings. The van der Waals surface area contributed by atoms with Crippen molar-refractivity contribution >= 4 is 27.3 Å². The largest absolute Gasteiger partial charge is 0.291 e. The molecule has 48 heavy (non-hydrogen) atoms. The second kappa shape index (κ2) is 9.37. The zero-order chi connectivity index (χ0) is 31.4. The molecule has 1 spiro atoms. The topological polar surface area (TPSA) is 30.2 Å². The van der Waals surface area contributed by atoms with E-state index in [1.54, 1.807) is 6.20 Å². The van der Waals surface area contributed by atoms with Gasteiger partial charge in [-0.25, -0.2) is 9.97 Å². The van der Waals surface area contributed by atoms with Crippen LogP contribution < -0.4 is 0 Å². The maximum atomic E-state index is 4.77. The molecule has 0 amide bonds. The van der Waals surface area contributed by atoms with Gasteiger partial charge < -0.3 is 0 Å². The van der Waals surface area contributed by atoms with Crippen molar-refractivity contribution in [2.75, 3.05) is 0 Å². The number of imidazole rings is 1. The maximum Gasteiger partial charge on any atom is 0.234 e. The van der Waals surface area contributed by atoms with Gasteiger partial charge in [0.15, 0.2) is 0 Å². The summed E-state index contributed by atoms with van der Waals surface area (Å²) in [5, 5.41) is 5.13. The number of hydrogen-bond acceptors (Lipinski definition) is 2. The minimum atomic E-state index is -0.443. The molecule has 11 rings (SSSR count). The molecule has 0 radical (unpaired) electrons. The molecule has 2 aliphatic carbocycles. The van der Waals surface area contributed by atoms with E-state index in [1.165, 1.54) is 77.2 Å². The zero-order valence-electron chi connectivity index (χ0n) is 25.9. The van der Waals surface area contributed by atoms with E-state index >= 15 is 0 Å². The molecule has 7 aromatic carbocycles. The van der Waals surface area contributed by atoms with Gasteiger partial charge in [-0.3, -0.25) is 4.40 Å². The summed E-state index contributed by atoms with van der Waals surface area (Å²) in [4.78, 5) is 9.19. The highest BCUT2D eigenvalue weighted by Gasteiger charge is 2.53. The van der Waals surface area contributed by atoms with Crippen LogP contribution in [-0.2, 0) is 5.41 Å². The SMILES string of the molecule is c1ccc2c(c1)-c1ccccc1C21c2cc(-c3ccc(-c4cn5cccnc5n4)cc3)c3ccccc3c2-c2ccc3ccccc3c21. The van der Waals surface area contributed by atoms with Crippen molar-refractivity contribution in [2.45, 2.75) is 5.41 Å². The Morgan fingerprint density at radius 3 is 1.94 bits per heavy atom. The van der Waals surface area contributed by atoms with Crippen LogP contribution in [0.15, 0.2) is 164 Å². The third-order valence-corrected chi connectivity index (χ3v) is 10.7. The van der Waals surface area contributed by atoms with Gasteiger partial charge >= 0.3 is 0 Å². The summed E-state index contributed by atoms with van der Waals surface area (Å²) in [5.74, 6) is 0.704. The average molecular weight is 610 g/mol. The Morgan fingerprint density at radius 1 is 0.500 bits per heavy atom. The normalized spacial score (nSPS) is 13.6. The molecule has 0 unspecified atom stereocenters. The molecule has 0 saturated heterocycles. The van der Waals surface area contributed by atoms with Crippen LogP contribution in [0, 0.1) is 0 Å². The van der Waals surface area contributed by atoms with Gasteiger partial charge in [0.05, 0.1) is 11.1 Å². The van der Waals surface area contributed by atoms with Crippen molar-refractivity contribution in [1.82, 2.24) is 14.4 Å². The molecular formula is C45H27N3. The lowest BCUT2D eigenvalue weighted by atomic mass is 9.69. The molecule has 3 nitrogen and oxygen atoms in total. The summed E-state index contributed by atoms with van der Waals surface area (Å²) >= 11 is 0. The third-order valence-electron chi connectivity index (χ3n) is 10.7. The van der Waals surface area contributed by atoms with Crippen molar-refractivity contribution < 1.29 is 0 Å². The summed E-state index contributed by atoms with van der Waals surface area (Å²) in [6, 6.07) is 54.0. The van der Waals surface area contributed by atoms with Gasteiger partial charge in [0.2, 0.25) is 5.78 Å². The van der Waals surface area contributed by atoms with Crippen LogP contribution in [0.4, 0.5) is 0 Å². The fraction of sp³-hybridized carbons (Fsp3) is 0.0222. The molecule has 0 aliphatic heterocycles. The van der Waals surface area contributed by atoms with Crippen LogP contribution in [0.2, 0.25) is 0 Å². The maximum absolute atomic E-state index is 4.77. The molecular weight excluding hydrogens is 583 g/mol. The van der Waals surface area contributed by atoms with E-state index in [0.29, 0.717) is 5.78 Å². The molecule has 0 atom stereocenters. The van der Waals surface area contributed by atoms with E-state index in [0.717, 1.165) is 11.3 Å². The molecule has 3 heteroatoms. The van der Waals surface area contributed by atoms with E-state index in [-0.39, 0.29) is 0 Å². The number of fused-ring (bicyclic) bond motifs is 15. The molecule has 222 valence electrons. The van der Waals surface area contributed by atoms with Gasteiger partial charge in [0.25, 0.3) is 0 Å². The molecule has 2 aromatic heterocycles. The van der Waals surface area contributed by atoms with Crippen LogP contribution in [0.25, 0.3) is 72.0 Å². The quantitative estimate of drug-likeness (QED) is 0.195. The number of benzene rings is 7. The van der Waals surface area contributed by atoms with Crippen molar-refractivity contribution in [2.24, 2.45) is 0 Å². The van der Waals surface area contributed by atoms with E-state index < -0.39 is 5.41 Å². The van der Waals surface area contributed by atoms with Crippen molar-refractivity contribution in [1.29, 1.82) is 0 Å². The number of rotatable bonds is 2.